The van der Waals surface area contributed by atoms with Crippen molar-refractivity contribution < 1.29 is 9.13 Å². The Morgan fingerprint density at radius 3 is 2.80 bits per heavy atom. The molecule has 0 bridgehead atoms. The van der Waals surface area contributed by atoms with Crippen molar-refractivity contribution in [2.24, 2.45) is 5.73 Å². The molecular weight excluding hydrogens is 193 g/mol. The zero-order chi connectivity index (χ0) is 11.3. The van der Waals surface area contributed by atoms with E-state index in [4.69, 9.17) is 10.5 Å². The van der Waals surface area contributed by atoms with Crippen LogP contribution in [0.4, 0.5) is 4.39 Å². The van der Waals surface area contributed by atoms with Gasteiger partial charge >= 0.3 is 0 Å². The summed E-state index contributed by atoms with van der Waals surface area (Å²) in [4.78, 5) is 0. The number of halogens is 1. The highest BCUT2D eigenvalue weighted by molar-refractivity contribution is 5.29. The number of ether oxygens (including phenoxy) is 1. The van der Waals surface area contributed by atoms with Crippen LogP contribution in [0.25, 0.3) is 0 Å². The van der Waals surface area contributed by atoms with Crippen LogP contribution in [0.3, 0.4) is 0 Å². The van der Waals surface area contributed by atoms with E-state index in [0.29, 0.717) is 13.2 Å². The summed E-state index contributed by atoms with van der Waals surface area (Å²) in [6.45, 7) is 6.46. The van der Waals surface area contributed by atoms with Gasteiger partial charge in [0.1, 0.15) is 6.61 Å². The third-order valence-electron chi connectivity index (χ3n) is 2.16. The van der Waals surface area contributed by atoms with E-state index in [1.54, 1.807) is 12.1 Å². The molecule has 15 heavy (non-hydrogen) atoms. The second kappa shape index (κ2) is 5.51. The summed E-state index contributed by atoms with van der Waals surface area (Å²) >= 11 is 0. The quantitative estimate of drug-likeness (QED) is 0.756. The van der Waals surface area contributed by atoms with Gasteiger partial charge in [-0.05, 0) is 29.7 Å². The molecule has 0 radical (unpaired) electrons. The van der Waals surface area contributed by atoms with Crippen LogP contribution in [0, 0.1) is 5.82 Å². The Balaban J connectivity index is 2.66. The van der Waals surface area contributed by atoms with Gasteiger partial charge in [0.25, 0.3) is 0 Å². The molecule has 3 heteroatoms. The monoisotopic (exact) mass is 209 g/mol. The molecule has 82 valence electrons. The van der Waals surface area contributed by atoms with Gasteiger partial charge in [0.15, 0.2) is 11.6 Å². The molecule has 0 saturated heterocycles. The lowest BCUT2D eigenvalue weighted by Crippen LogP contribution is -2.02. The van der Waals surface area contributed by atoms with Gasteiger partial charge in [0.2, 0.25) is 0 Å². The van der Waals surface area contributed by atoms with E-state index in [0.717, 1.165) is 17.6 Å². The number of hydrogen-bond acceptors (Lipinski definition) is 2. The predicted molar refractivity (Wildman–Crippen MR) is 59.2 cm³/mol. The van der Waals surface area contributed by atoms with Crippen LogP contribution in [-0.2, 0) is 6.54 Å². The summed E-state index contributed by atoms with van der Waals surface area (Å²) in [6, 6.07) is 4.75. The van der Waals surface area contributed by atoms with Crippen molar-refractivity contribution in [3.8, 4) is 5.75 Å². The average molecular weight is 209 g/mol. The fourth-order valence-electron chi connectivity index (χ4n) is 1.07. The Hall–Kier alpha value is -1.35. The maximum atomic E-state index is 13.4. The lowest BCUT2D eigenvalue weighted by molar-refractivity contribution is 0.329. The molecule has 0 fully saturated rings. The molecule has 2 nitrogen and oxygen atoms in total. The van der Waals surface area contributed by atoms with Crippen molar-refractivity contribution in [2.75, 3.05) is 6.61 Å². The molecule has 0 atom stereocenters. The number of nitrogens with two attached hydrogens (primary N) is 1. The van der Waals surface area contributed by atoms with Crippen molar-refractivity contribution in [2.45, 2.75) is 19.9 Å². The van der Waals surface area contributed by atoms with Crippen molar-refractivity contribution in [1.82, 2.24) is 0 Å². The molecular formula is C12H16FNO. The zero-order valence-electron chi connectivity index (χ0n) is 8.92. The second-order valence-corrected chi connectivity index (χ2v) is 3.36. The molecule has 0 spiro atoms. The van der Waals surface area contributed by atoms with Gasteiger partial charge in [-0.1, -0.05) is 19.6 Å². The predicted octanol–water partition coefficient (Wildman–Crippen LogP) is 2.63. The molecule has 2 N–H and O–H groups in total. The Labute approximate surface area is 89.6 Å². The molecule has 0 heterocycles. The molecule has 0 aliphatic rings. The van der Waals surface area contributed by atoms with E-state index >= 15 is 0 Å². The summed E-state index contributed by atoms with van der Waals surface area (Å²) in [5, 5.41) is 0. The van der Waals surface area contributed by atoms with Crippen LogP contribution in [0.5, 0.6) is 5.75 Å². The van der Waals surface area contributed by atoms with Crippen LogP contribution >= 0.6 is 0 Å². The van der Waals surface area contributed by atoms with E-state index in [-0.39, 0.29) is 11.6 Å². The topological polar surface area (TPSA) is 35.2 Å². The van der Waals surface area contributed by atoms with Crippen LogP contribution in [-0.4, -0.2) is 6.61 Å². The summed E-state index contributed by atoms with van der Waals surface area (Å²) in [5.41, 5.74) is 7.09. The Kier molecular flexibility index (Phi) is 4.31. The van der Waals surface area contributed by atoms with Crippen molar-refractivity contribution in [1.29, 1.82) is 0 Å². The summed E-state index contributed by atoms with van der Waals surface area (Å²) in [7, 11) is 0. The van der Waals surface area contributed by atoms with Crippen LogP contribution in [0.1, 0.15) is 18.9 Å². The van der Waals surface area contributed by atoms with Gasteiger partial charge in [-0.2, -0.15) is 0 Å². The minimum absolute atomic E-state index is 0.252. The smallest absolute Gasteiger partial charge is 0.165 e. The standard InChI is InChI=1S/C12H16FNO/c1-3-9(2)8-15-12-5-4-10(7-14)6-11(12)13/h4-6H,2-3,7-8,14H2,1H3. The summed E-state index contributed by atoms with van der Waals surface area (Å²) < 4.78 is 18.7. The van der Waals surface area contributed by atoms with Gasteiger partial charge in [0, 0.05) is 6.54 Å². The fourth-order valence-corrected chi connectivity index (χ4v) is 1.07. The zero-order valence-corrected chi connectivity index (χ0v) is 8.92. The van der Waals surface area contributed by atoms with Crippen molar-refractivity contribution in [3.05, 3.63) is 41.7 Å². The average Bonchev–Trinajstić information content (AvgIpc) is 2.26. The highest BCUT2D eigenvalue weighted by atomic mass is 19.1. The molecule has 0 saturated carbocycles. The molecule has 0 aromatic heterocycles. The van der Waals surface area contributed by atoms with Gasteiger partial charge in [0.05, 0.1) is 0 Å². The van der Waals surface area contributed by atoms with Gasteiger partial charge in [-0.15, -0.1) is 0 Å². The Bertz CT molecular complexity index is 349. The summed E-state index contributed by atoms with van der Waals surface area (Å²) in [5.74, 6) is -0.122. The molecule has 0 aliphatic carbocycles. The molecule has 0 aliphatic heterocycles. The first-order valence-corrected chi connectivity index (χ1v) is 4.95. The van der Waals surface area contributed by atoms with E-state index in [1.807, 2.05) is 6.92 Å². The van der Waals surface area contributed by atoms with Crippen LogP contribution < -0.4 is 10.5 Å². The Morgan fingerprint density at radius 2 is 2.27 bits per heavy atom. The van der Waals surface area contributed by atoms with Crippen LogP contribution in [0.2, 0.25) is 0 Å². The Morgan fingerprint density at radius 1 is 1.53 bits per heavy atom. The highest BCUT2D eigenvalue weighted by Gasteiger charge is 2.04. The largest absolute Gasteiger partial charge is 0.486 e. The molecule has 1 aromatic carbocycles. The van der Waals surface area contributed by atoms with E-state index in [9.17, 15) is 4.39 Å². The third-order valence-corrected chi connectivity index (χ3v) is 2.16. The lowest BCUT2D eigenvalue weighted by atomic mass is 10.2. The normalized spacial score (nSPS) is 10.1. The van der Waals surface area contributed by atoms with Crippen molar-refractivity contribution in [3.63, 3.8) is 0 Å². The SMILES string of the molecule is C=C(CC)COc1ccc(CN)cc1F. The fraction of sp³-hybridized carbons (Fsp3) is 0.333. The third kappa shape index (κ3) is 3.36. The lowest BCUT2D eigenvalue weighted by Gasteiger charge is -2.08. The first kappa shape index (κ1) is 11.7. The van der Waals surface area contributed by atoms with Gasteiger partial charge in [-0.3, -0.25) is 0 Å². The minimum atomic E-state index is -0.373. The first-order valence-electron chi connectivity index (χ1n) is 4.95. The first-order chi connectivity index (χ1) is 7.17. The highest BCUT2D eigenvalue weighted by Crippen LogP contribution is 2.18. The van der Waals surface area contributed by atoms with E-state index < -0.39 is 0 Å². The molecule has 0 unspecified atom stereocenters. The molecule has 1 rings (SSSR count). The number of benzene rings is 1. The number of rotatable bonds is 5. The van der Waals surface area contributed by atoms with Crippen LogP contribution in [0.15, 0.2) is 30.4 Å². The van der Waals surface area contributed by atoms with Crippen molar-refractivity contribution >= 4 is 0 Å². The molecule has 1 aromatic rings. The summed E-state index contributed by atoms with van der Waals surface area (Å²) in [6.07, 6.45) is 0.836. The second-order valence-electron chi connectivity index (χ2n) is 3.36. The number of hydrogen-bond donors (Lipinski definition) is 1. The van der Waals surface area contributed by atoms with E-state index in [1.165, 1.54) is 6.07 Å². The molecule has 0 amide bonds. The maximum absolute atomic E-state index is 13.4. The van der Waals surface area contributed by atoms with Gasteiger partial charge in [-0.25, -0.2) is 4.39 Å². The van der Waals surface area contributed by atoms with Gasteiger partial charge < -0.3 is 10.5 Å². The maximum Gasteiger partial charge on any atom is 0.165 e. The minimum Gasteiger partial charge on any atom is -0.486 e. The van der Waals surface area contributed by atoms with E-state index in [2.05, 4.69) is 6.58 Å².